The van der Waals surface area contributed by atoms with Gasteiger partial charge in [0.25, 0.3) is 0 Å². The lowest BCUT2D eigenvalue weighted by Gasteiger charge is -2.21. The van der Waals surface area contributed by atoms with Crippen LogP contribution in [0.3, 0.4) is 0 Å². The zero-order chi connectivity index (χ0) is 17.9. The van der Waals surface area contributed by atoms with Crippen molar-refractivity contribution in [3.05, 3.63) is 24.3 Å². The third kappa shape index (κ3) is 5.15. The Hall–Kier alpha value is -1.68. The van der Waals surface area contributed by atoms with Crippen LogP contribution in [-0.2, 0) is 19.6 Å². The number of nitrogens with zero attached hydrogens (tertiary/aromatic N) is 2. The first kappa shape index (κ1) is 21.4. The van der Waals surface area contributed by atoms with Gasteiger partial charge in [0, 0.05) is 38.8 Å². The molecule has 8 nitrogen and oxygen atoms in total. The van der Waals surface area contributed by atoms with Crippen LogP contribution in [0.2, 0.25) is 0 Å². The fourth-order valence-electron chi connectivity index (χ4n) is 2.65. The molecule has 1 unspecified atom stereocenters. The number of sulfonamides is 1. The number of hydrogen-bond acceptors (Lipinski definition) is 5. The van der Waals surface area contributed by atoms with Gasteiger partial charge in [0.15, 0.2) is 0 Å². The maximum Gasteiger partial charge on any atom is 0.238 e. The minimum Gasteiger partial charge on any atom is -0.344 e. The Morgan fingerprint density at radius 3 is 2.72 bits per heavy atom. The minimum absolute atomic E-state index is 0. The molecule has 1 aliphatic rings. The lowest BCUT2D eigenvalue weighted by molar-refractivity contribution is -0.134. The Bertz CT molecular complexity index is 741. The molecule has 0 radical (unpaired) electrons. The molecule has 0 saturated carbocycles. The van der Waals surface area contributed by atoms with Gasteiger partial charge in [0.05, 0.1) is 10.8 Å². The largest absolute Gasteiger partial charge is 0.344 e. The highest BCUT2D eigenvalue weighted by Gasteiger charge is 2.36. The van der Waals surface area contributed by atoms with E-state index in [2.05, 4.69) is 5.32 Å². The topological polar surface area (TPSA) is 113 Å². The molecule has 0 aliphatic carbocycles. The van der Waals surface area contributed by atoms with E-state index in [1.54, 1.807) is 25.1 Å². The van der Waals surface area contributed by atoms with Crippen LogP contribution >= 0.6 is 12.4 Å². The number of rotatable bonds is 6. The highest BCUT2D eigenvalue weighted by atomic mass is 35.5. The van der Waals surface area contributed by atoms with E-state index in [1.807, 2.05) is 0 Å². The molecule has 0 aromatic heterocycles. The predicted molar refractivity (Wildman–Crippen MR) is 97.1 cm³/mol. The molecule has 3 N–H and O–H groups in total. The van der Waals surface area contributed by atoms with Crippen LogP contribution in [-0.4, -0.2) is 58.9 Å². The van der Waals surface area contributed by atoms with Crippen molar-refractivity contribution in [2.24, 2.45) is 11.1 Å². The highest BCUT2D eigenvalue weighted by molar-refractivity contribution is 7.89. The van der Waals surface area contributed by atoms with Crippen LogP contribution < -0.4 is 15.4 Å². The first-order valence-electron chi connectivity index (χ1n) is 7.57. The van der Waals surface area contributed by atoms with Gasteiger partial charge in [0.1, 0.15) is 0 Å². The van der Waals surface area contributed by atoms with E-state index in [1.165, 1.54) is 23.1 Å². The third-order valence-corrected chi connectivity index (χ3v) is 4.92. The molecule has 1 aliphatic heterocycles. The number of carbonyl (C=O) groups excluding carboxylic acids is 2. The Morgan fingerprint density at radius 2 is 2.12 bits per heavy atom. The second-order valence-corrected chi connectivity index (χ2v) is 7.37. The molecular formula is C15H23ClN4O4S. The normalized spacial score (nSPS) is 17.3. The van der Waals surface area contributed by atoms with E-state index in [-0.39, 0.29) is 42.1 Å². The minimum atomic E-state index is -3.85. The van der Waals surface area contributed by atoms with Gasteiger partial charge in [-0.3, -0.25) is 9.59 Å². The van der Waals surface area contributed by atoms with E-state index in [9.17, 15) is 18.0 Å². The molecule has 140 valence electrons. The Morgan fingerprint density at radius 1 is 1.44 bits per heavy atom. The van der Waals surface area contributed by atoms with Crippen molar-refractivity contribution in [3.8, 4) is 0 Å². The summed E-state index contributed by atoms with van der Waals surface area (Å²) in [6.07, 6.45) is 0.113. The summed E-state index contributed by atoms with van der Waals surface area (Å²) in [6, 6.07) is 5.87. The lowest BCUT2D eigenvalue weighted by Crippen LogP contribution is -2.38. The lowest BCUT2D eigenvalue weighted by atomic mass is 10.1. The summed E-state index contributed by atoms with van der Waals surface area (Å²) in [7, 11) is -0.340. The average Bonchev–Trinajstić information content (AvgIpc) is 2.93. The number of amides is 2. The molecule has 25 heavy (non-hydrogen) atoms. The molecule has 2 rings (SSSR count). The number of likely N-dealkylation sites (N-methyl/N-ethyl adjacent to an activating group) is 2. The standard InChI is InChI=1S/C15H22N4O4S.ClH/c1-17-6-7-18(2)15(21)11-8-14(20)19(10-11)12-4-3-5-13(9-12)24(16,22)23;/h3-5,9,11,17H,6-8,10H2,1-2H3,(H2,16,22,23);1H. The van der Waals surface area contributed by atoms with Gasteiger partial charge in [-0.1, -0.05) is 6.07 Å². The average molecular weight is 391 g/mol. The van der Waals surface area contributed by atoms with E-state index in [4.69, 9.17) is 5.14 Å². The molecule has 10 heteroatoms. The van der Waals surface area contributed by atoms with E-state index < -0.39 is 15.9 Å². The van der Waals surface area contributed by atoms with Gasteiger partial charge < -0.3 is 15.1 Å². The fraction of sp³-hybridized carbons (Fsp3) is 0.467. The summed E-state index contributed by atoms with van der Waals surface area (Å²) in [6.45, 7) is 1.46. The van der Waals surface area contributed by atoms with Gasteiger partial charge in [-0.05, 0) is 25.2 Å². The second-order valence-electron chi connectivity index (χ2n) is 5.81. The van der Waals surface area contributed by atoms with Crippen LogP contribution in [0.15, 0.2) is 29.2 Å². The van der Waals surface area contributed by atoms with E-state index >= 15 is 0 Å². The molecule has 1 aromatic rings. The summed E-state index contributed by atoms with van der Waals surface area (Å²) < 4.78 is 22.9. The van der Waals surface area contributed by atoms with Gasteiger partial charge in [-0.15, -0.1) is 12.4 Å². The fourth-order valence-corrected chi connectivity index (χ4v) is 3.21. The van der Waals surface area contributed by atoms with Gasteiger partial charge >= 0.3 is 0 Å². The van der Waals surface area contributed by atoms with Crippen LogP contribution in [0.25, 0.3) is 0 Å². The quantitative estimate of drug-likeness (QED) is 0.697. The van der Waals surface area contributed by atoms with Crippen LogP contribution in [0, 0.1) is 5.92 Å². The number of primary sulfonamides is 1. The van der Waals surface area contributed by atoms with Crippen molar-refractivity contribution in [1.82, 2.24) is 10.2 Å². The maximum absolute atomic E-state index is 12.4. The van der Waals surface area contributed by atoms with E-state index in [0.29, 0.717) is 18.8 Å². The van der Waals surface area contributed by atoms with Crippen molar-refractivity contribution in [2.45, 2.75) is 11.3 Å². The molecule has 0 spiro atoms. The first-order chi connectivity index (χ1) is 11.2. The SMILES string of the molecule is CNCCN(C)C(=O)C1CC(=O)N(c2cccc(S(N)(=O)=O)c2)C1.Cl. The summed E-state index contributed by atoms with van der Waals surface area (Å²) >= 11 is 0. The van der Waals surface area contributed by atoms with Crippen molar-refractivity contribution in [2.75, 3.05) is 38.6 Å². The van der Waals surface area contributed by atoms with Crippen LogP contribution in [0.4, 0.5) is 5.69 Å². The molecule has 0 bridgehead atoms. The summed E-state index contributed by atoms with van der Waals surface area (Å²) in [4.78, 5) is 27.6. The Labute approximate surface area is 153 Å². The molecule has 1 saturated heterocycles. The molecule has 1 heterocycles. The number of halogens is 1. The number of hydrogen-bond donors (Lipinski definition) is 2. The summed E-state index contributed by atoms with van der Waals surface area (Å²) in [5, 5.41) is 8.09. The van der Waals surface area contributed by atoms with Gasteiger partial charge in [0.2, 0.25) is 21.8 Å². The first-order valence-corrected chi connectivity index (χ1v) is 9.11. The van der Waals surface area contributed by atoms with Crippen LogP contribution in [0.5, 0.6) is 0 Å². The number of anilines is 1. The molecule has 1 fully saturated rings. The van der Waals surface area contributed by atoms with Crippen molar-refractivity contribution in [1.29, 1.82) is 0 Å². The maximum atomic E-state index is 12.4. The van der Waals surface area contributed by atoms with Crippen molar-refractivity contribution >= 4 is 39.9 Å². The zero-order valence-corrected chi connectivity index (χ0v) is 15.8. The molecule has 2 amide bonds. The van der Waals surface area contributed by atoms with E-state index in [0.717, 1.165) is 0 Å². The monoisotopic (exact) mass is 390 g/mol. The Kier molecular flexibility index (Phi) is 7.36. The molecular weight excluding hydrogens is 368 g/mol. The second kappa shape index (κ2) is 8.61. The Balaban J connectivity index is 0.00000312. The highest BCUT2D eigenvalue weighted by Crippen LogP contribution is 2.27. The van der Waals surface area contributed by atoms with Gasteiger partial charge in [-0.2, -0.15) is 0 Å². The smallest absolute Gasteiger partial charge is 0.238 e. The van der Waals surface area contributed by atoms with Gasteiger partial charge in [-0.25, -0.2) is 13.6 Å². The van der Waals surface area contributed by atoms with Crippen molar-refractivity contribution < 1.29 is 18.0 Å². The number of nitrogens with two attached hydrogens (primary N) is 1. The summed E-state index contributed by atoms with van der Waals surface area (Å²) in [5.74, 6) is -0.733. The predicted octanol–water partition coefficient (Wildman–Crippen LogP) is -0.213. The summed E-state index contributed by atoms with van der Waals surface area (Å²) in [5.41, 5.74) is 0.430. The van der Waals surface area contributed by atoms with Crippen LogP contribution in [0.1, 0.15) is 6.42 Å². The number of nitrogens with one attached hydrogen (secondary N) is 1. The molecule has 1 aromatic carbocycles. The number of benzene rings is 1. The third-order valence-electron chi connectivity index (χ3n) is 4.01. The zero-order valence-electron chi connectivity index (χ0n) is 14.1. The molecule has 1 atom stereocenters. The van der Waals surface area contributed by atoms with Crippen molar-refractivity contribution in [3.63, 3.8) is 0 Å². The number of carbonyl (C=O) groups is 2.